The van der Waals surface area contributed by atoms with Gasteiger partial charge in [-0.05, 0) is 49.6 Å². The number of rotatable bonds is 5. The van der Waals surface area contributed by atoms with Gasteiger partial charge < -0.3 is 9.80 Å². The summed E-state index contributed by atoms with van der Waals surface area (Å²) in [6, 6.07) is 10.6. The number of benzene rings is 2. The molecule has 1 saturated heterocycles. The highest BCUT2D eigenvalue weighted by atomic mass is 19.1. The third kappa shape index (κ3) is 4.76. The summed E-state index contributed by atoms with van der Waals surface area (Å²) >= 11 is 0. The average molecular weight is 453 g/mol. The number of nitrogens with zero attached hydrogens (tertiary/aromatic N) is 5. The molecule has 2 amide bonds. The van der Waals surface area contributed by atoms with E-state index in [1.165, 1.54) is 11.2 Å². The largest absolute Gasteiger partial charge is 0.339 e. The molecule has 0 aliphatic carbocycles. The van der Waals surface area contributed by atoms with E-state index in [2.05, 4.69) is 10.1 Å². The lowest BCUT2D eigenvalue weighted by atomic mass is 9.93. The minimum atomic E-state index is -0.874. The molecule has 0 N–H and O–H groups in total. The molecule has 0 saturated carbocycles. The topological polar surface area (TPSA) is 71.3 Å². The van der Waals surface area contributed by atoms with Gasteiger partial charge in [0.25, 0.3) is 5.91 Å². The zero-order valence-corrected chi connectivity index (χ0v) is 18.5. The average Bonchev–Trinajstić information content (AvgIpc) is 3.37. The lowest BCUT2D eigenvalue weighted by molar-refractivity contribution is -0.137. The Balaban J connectivity index is 1.35. The SMILES string of the molecule is C[C@@H](c1ccc(-n2cncn2)cc1)N(C)C(=O)C1CCN(C(=O)c2ccc(F)cc2F)CC1. The first-order chi connectivity index (χ1) is 15.8. The van der Waals surface area contributed by atoms with Crippen molar-refractivity contribution in [3.8, 4) is 5.69 Å². The van der Waals surface area contributed by atoms with E-state index in [1.807, 2.05) is 31.2 Å². The monoisotopic (exact) mass is 453 g/mol. The molecule has 1 aromatic heterocycles. The number of hydrogen-bond donors (Lipinski definition) is 0. The molecule has 0 radical (unpaired) electrons. The summed E-state index contributed by atoms with van der Waals surface area (Å²) in [6.45, 7) is 2.67. The second-order valence-electron chi connectivity index (χ2n) is 8.25. The van der Waals surface area contributed by atoms with Gasteiger partial charge in [-0.15, -0.1) is 0 Å². The van der Waals surface area contributed by atoms with Crippen LogP contribution in [0.1, 0.15) is 41.7 Å². The van der Waals surface area contributed by atoms with Crippen LogP contribution in [-0.2, 0) is 4.79 Å². The fourth-order valence-corrected chi connectivity index (χ4v) is 4.11. The number of likely N-dealkylation sites (tertiary alicyclic amines) is 1. The van der Waals surface area contributed by atoms with Crippen molar-refractivity contribution in [2.24, 2.45) is 5.92 Å². The van der Waals surface area contributed by atoms with E-state index < -0.39 is 17.5 Å². The summed E-state index contributed by atoms with van der Waals surface area (Å²) in [4.78, 5) is 32.9. The van der Waals surface area contributed by atoms with Gasteiger partial charge in [0.15, 0.2) is 0 Å². The normalized spacial score (nSPS) is 15.3. The van der Waals surface area contributed by atoms with Crippen molar-refractivity contribution in [3.05, 3.63) is 77.9 Å². The molecule has 1 aliphatic heterocycles. The van der Waals surface area contributed by atoms with Crippen LogP contribution in [-0.4, -0.2) is 56.5 Å². The van der Waals surface area contributed by atoms with Gasteiger partial charge in [0.1, 0.15) is 24.3 Å². The molecule has 2 aromatic carbocycles. The zero-order chi connectivity index (χ0) is 23.5. The van der Waals surface area contributed by atoms with Crippen LogP contribution in [0.25, 0.3) is 5.69 Å². The van der Waals surface area contributed by atoms with E-state index >= 15 is 0 Å². The molecule has 0 unspecified atom stereocenters. The third-order valence-corrected chi connectivity index (χ3v) is 6.28. The zero-order valence-electron chi connectivity index (χ0n) is 18.5. The predicted octanol–water partition coefficient (Wildman–Crippen LogP) is 3.62. The van der Waals surface area contributed by atoms with Gasteiger partial charge in [0.05, 0.1) is 17.3 Å². The fourth-order valence-electron chi connectivity index (χ4n) is 4.11. The van der Waals surface area contributed by atoms with Crippen LogP contribution in [0.5, 0.6) is 0 Å². The van der Waals surface area contributed by atoms with Gasteiger partial charge >= 0.3 is 0 Å². The first-order valence-corrected chi connectivity index (χ1v) is 10.8. The highest BCUT2D eigenvalue weighted by Crippen LogP contribution is 2.26. The van der Waals surface area contributed by atoms with E-state index in [9.17, 15) is 18.4 Å². The fraction of sp³-hybridized carbons (Fsp3) is 0.333. The Morgan fingerprint density at radius 3 is 2.39 bits per heavy atom. The van der Waals surface area contributed by atoms with Gasteiger partial charge in [-0.25, -0.2) is 18.4 Å². The molecular weight excluding hydrogens is 428 g/mol. The maximum Gasteiger partial charge on any atom is 0.256 e. The summed E-state index contributed by atoms with van der Waals surface area (Å²) in [5.41, 5.74) is 1.72. The number of carbonyl (C=O) groups is 2. The van der Waals surface area contributed by atoms with Crippen molar-refractivity contribution in [1.29, 1.82) is 0 Å². The predicted molar refractivity (Wildman–Crippen MR) is 118 cm³/mol. The van der Waals surface area contributed by atoms with Gasteiger partial charge in [-0.2, -0.15) is 5.10 Å². The van der Waals surface area contributed by atoms with Crippen LogP contribution in [0.3, 0.4) is 0 Å². The molecule has 0 bridgehead atoms. The second kappa shape index (κ2) is 9.48. The first kappa shape index (κ1) is 22.6. The van der Waals surface area contributed by atoms with Crippen molar-refractivity contribution in [3.63, 3.8) is 0 Å². The lowest BCUT2D eigenvalue weighted by Gasteiger charge is -2.35. The van der Waals surface area contributed by atoms with Crippen molar-refractivity contribution >= 4 is 11.8 Å². The number of aromatic nitrogens is 3. The molecule has 172 valence electrons. The van der Waals surface area contributed by atoms with E-state index in [0.717, 1.165) is 23.4 Å². The van der Waals surface area contributed by atoms with Gasteiger partial charge in [0, 0.05) is 32.1 Å². The van der Waals surface area contributed by atoms with Gasteiger partial charge in [0.2, 0.25) is 5.91 Å². The molecule has 4 rings (SSSR count). The van der Waals surface area contributed by atoms with Gasteiger partial charge in [-0.1, -0.05) is 12.1 Å². The van der Waals surface area contributed by atoms with Crippen LogP contribution in [0.4, 0.5) is 8.78 Å². The molecule has 33 heavy (non-hydrogen) atoms. The summed E-state index contributed by atoms with van der Waals surface area (Å²) in [5.74, 6) is -2.27. The first-order valence-electron chi connectivity index (χ1n) is 10.8. The molecular formula is C24H25F2N5O2. The Kier molecular flexibility index (Phi) is 6.48. The minimum absolute atomic E-state index is 0.0166. The molecule has 1 aliphatic rings. The Morgan fingerprint density at radius 1 is 1.09 bits per heavy atom. The molecule has 9 heteroatoms. The number of hydrogen-bond acceptors (Lipinski definition) is 4. The van der Waals surface area contributed by atoms with Gasteiger partial charge in [-0.3, -0.25) is 9.59 Å². The summed E-state index contributed by atoms with van der Waals surface area (Å²) in [6.07, 6.45) is 4.08. The Labute approximate surface area is 190 Å². The van der Waals surface area contributed by atoms with Crippen LogP contribution in [0, 0.1) is 17.6 Å². The molecule has 2 heterocycles. The van der Waals surface area contributed by atoms with Crippen LogP contribution < -0.4 is 0 Å². The Morgan fingerprint density at radius 2 is 1.79 bits per heavy atom. The molecule has 1 fully saturated rings. The van der Waals surface area contributed by atoms with E-state index in [-0.39, 0.29) is 23.4 Å². The Bertz CT molecular complexity index is 1130. The second-order valence-corrected chi connectivity index (χ2v) is 8.25. The van der Waals surface area contributed by atoms with Crippen LogP contribution in [0.2, 0.25) is 0 Å². The highest BCUT2D eigenvalue weighted by molar-refractivity contribution is 5.94. The maximum atomic E-state index is 14.0. The number of amides is 2. The van der Waals surface area contributed by atoms with E-state index in [4.69, 9.17) is 0 Å². The van der Waals surface area contributed by atoms with E-state index in [1.54, 1.807) is 23.0 Å². The Hall–Kier alpha value is -3.62. The maximum absolute atomic E-state index is 14.0. The molecule has 3 aromatic rings. The van der Waals surface area contributed by atoms with Crippen molar-refractivity contribution in [2.75, 3.05) is 20.1 Å². The lowest BCUT2D eigenvalue weighted by Crippen LogP contribution is -2.44. The summed E-state index contributed by atoms with van der Waals surface area (Å²) < 4.78 is 28.8. The molecule has 1 atom stereocenters. The number of halogens is 2. The van der Waals surface area contributed by atoms with Crippen molar-refractivity contribution in [2.45, 2.75) is 25.8 Å². The van der Waals surface area contributed by atoms with Crippen LogP contribution in [0.15, 0.2) is 55.1 Å². The summed E-state index contributed by atoms with van der Waals surface area (Å²) in [7, 11) is 1.78. The smallest absolute Gasteiger partial charge is 0.256 e. The van der Waals surface area contributed by atoms with Crippen molar-refractivity contribution in [1.82, 2.24) is 24.6 Å². The molecule has 7 nitrogen and oxygen atoms in total. The minimum Gasteiger partial charge on any atom is -0.339 e. The van der Waals surface area contributed by atoms with Crippen molar-refractivity contribution < 1.29 is 18.4 Å². The quantitative estimate of drug-likeness (QED) is 0.592. The number of carbonyl (C=O) groups excluding carboxylic acids is 2. The standard InChI is InChI=1S/C24H25F2N5O2/c1-16(17-3-6-20(7-4-17)31-15-27-14-28-31)29(2)23(32)18-9-11-30(12-10-18)24(33)21-8-5-19(25)13-22(21)26/h3-8,13-16,18H,9-12H2,1-2H3/t16-/m0/s1. The van der Waals surface area contributed by atoms with E-state index in [0.29, 0.717) is 32.0 Å². The number of piperidine rings is 1. The highest BCUT2D eigenvalue weighted by Gasteiger charge is 2.31. The third-order valence-electron chi connectivity index (χ3n) is 6.28. The molecule has 0 spiro atoms. The summed E-state index contributed by atoms with van der Waals surface area (Å²) in [5, 5.41) is 4.11. The van der Waals surface area contributed by atoms with Crippen LogP contribution >= 0.6 is 0 Å².